The van der Waals surface area contributed by atoms with Gasteiger partial charge in [-0.15, -0.1) is 6.58 Å². The molecule has 1 amide bonds. The number of oxime groups is 1. The second-order valence-electron chi connectivity index (χ2n) is 15.9. The van der Waals surface area contributed by atoms with Gasteiger partial charge in [-0.25, -0.2) is 4.79 Å². The first-order chi connectivity index (χ1) is 30.9. The number of benzene rings is 3. The summed E-state index contributed by atoms with van der Waals surface area (Å²) in [5, 5.41) is 34.0. The van der Waals surface area contributed by atoms with Crippen LogP contribution in [0.3, 0.4) is 0 Å². The first-order valence-electron chi connectivity index (χ1n) is 22.0. The summed E-state index contributed by atoms with van der Waals surface area (Å²) in [6, 6.07) is 21.5. The molecular formula is C49H62N2O12. The van der Waals surface area contributed by atoms with E-state index in [0.29, 0.717) is 48.0 Å². The SMILES string of the molecule is C=CCO[C@@]12Oc3ccc(Oc4cccc(C=O)c4)cc3[C@H]3[C@H](CCCCO)[C@@H](CCCCO)C=C(C(=NOC)C[C@@H]1N(CCOCCO)C(=O)OCCOCc1ccccc1)[C@H]32. The standard InChI is InChI=1S/C49H62N2O12/c1-3-24-61-49-45(51(20-25-58-26-23-54)48(56)60-28-27-59-34-35-12-5-4-6-13-35)32-43(50-57-2)41-30-37(15-7-9-21-52)40(17-8-10-22-53)46(47(41)49)42-31-39(18-19-44(42)63-49)62-38-16-11-14-36(29-38)33-55/h3-6,11-14,16,18-19,29-31,33,37,40,45-47,52-54H,1,7-10,15,17,20-28,32,34H2,2H3/t37-,40+,45-,46+,47+,49+/m0/s1. The van der Waals surface area contributed by atoms with Gasteiger partial charge in [0.1, 0.15) is 43.3 Å². The highest BCUT2D eigenvalue weighted by molar-refractivity contribution is 6.03. The Hall–Kier alpha value is -5.09. The lowest BCUT2D eigenvalue weighted by atomic mass is 9.55. The Morgan fingerprint density at radius 3 is 2.44 bits per heavy atom. The molecule has 0 saturated heterocycles. The van der Waals surface area contributed by atoms with Crippen LogP contribution in [0.4, 0.5) is 4.79 Å². The molecule has 63 heavy (non-hydrogen) atoms. The van der Waals surface area contributed by atoms with Crippen molar-refractivity contribution in [1.82, 2.24) is 4.90 Å². The van der Waals surface area contributed by atoms with E-state index in [1.807, 2.05) is 48.5 Å². The van der Waals surface area contributed by atoms with Gasteiger partial charge in [0.25, 0.3) is 0 Å². The number of carbonyl (C=O) groups excluding carboxylic acids is 2. The molecule has 1 fully saturated rings. The van der Waals surface area contributed by atoms with E-state index >= 15 is 0 Å². The minimum Gasteiger partial charge on any atom is -0.459 e. The number of carbonyl (C=O) groups is 2. The van der Waals surface area contributed by atoms with Crippen molar-refractivity contribution in [3.8, 4) is 17.2 Å². The lowest BCUT2D eigenvalue weighted by molar-refractivity contribution is -0.256. The fraction of sp³-hybridized carbons (Fsp3) is 0.490. The Bertz CT molecular complexity index is 1990. The summed E-state index contributed by atoms with van der Waals surface area (Å²) in [4.78, 5) is 33.3. The molecule has 0 aromatic heterocycles. The van der Waals surface area contributed by atoms with E-state index in [1.165, 1.54) is 7.11 Å². The molecule has 1 saturated carbocycles. The highest BCUT2D eigenvalue weighted by atomic mass is 16.7. The van der Waals surface area contributed by atoms with Gasteiger partial charge in [-0.2, -0.15) is 0 Å². The van der Waals surface area contributed by atoms with Crippen molar-refractivity contribution < 1.29 is 58.2 Å². The Morgan fingerprint density at radius 1 is 0.905 bits per heavy atom. The molecule has 1 aliphatic heterocycles. The monoisotopic (exact) mass is 870 g/mol. The minimum absolute atomic E-state index is 0.00964. The Kier molecular flexibility index (Phi) is 18.1. The van der Waals surface area contributed by atoms with E-state index < -0.39 is 23.8 Å². The highest BCUT2D eigenvalue weighted by Gasteiger charge is 2.65. The van der Waals surface area contributed by atoms with Crippen LogP contribution in [-0.4, -0.2) is 117 Å². The van der Waals surface area contributed by atoms with Crippen molar-refractivity contribution in [1.29, 1.82) is 0 Å². The number of ether oxygens (including phenoxy) is 6. The van der Waals surface area contributed by atoms with Gasteiger partial charge in [0, 0.05) is 43.2 Å². The van der Waals surface area contributed by atoms with Crippen molar-refractivity contribution in [2.75, 3.05) is 66.5 Å². The summed E-state index contributed by atoms with van der Waals surface area (Å²) >= 11 is 0. The Balaban J connectivity index is 1.47. The Morgan fingerprint density at radius 2 is 1.70 bits per heavy atom. The number of fused-ring (bicyclic) bond motifs is 2. The first kappa shape index (κ1) is 47.4. The number of amides is 1. The fourth-order valence-electron chi connectivity index (χ4n) is 9.35. The largest absolute Gasteiger partial charge is 0.459 e. The lowest BCUT2D eigenvalue weighted by Gasteiger charge is -2.59. The van der Waals surface area contributed by atoms with Crippen molar-refractivity contribution in [2.45, 2.75) is 69.3 Å². The van der Waals surface area contributed by atoms with E-state index in [2.05, 4.69) is 17.8 Å². The number of hydrogen-bond donors (Lipinski definition) is 3. The topological polar surface area (TPSA) is 175 Å². The molecule has 0 bridgehead atoms. The van der Waals surface area contributed by atoms with Crippen LogP contribution < -0.4 is 9.47 Å². The van der Waals surface area contributed by atoms with Crippen molar-refractivity contribution >= 4 is 18.1 Å². The van der Waals surface area contributed by atoms with Crippen LogP contribution in [0.5, 0.6) is 17.2 Å². The smallest absolute Gasteiger partial charge is 0.410 e. The van der Waals surface area contributed by atoms with Crippen LogP contribution in [-0.2, 0) is 30.4 Å². The van der Waals surface area contributed by atoms with Gasteiger partial charge in [-0.05, 0) is 79.0 Å². The van der Waals surface area contributed by atoms with Gasteiger partial charge in [0.05, 0.1) is 51.3 Å². The molecule has 340 valence electrons. The average Bonchev–Trinajstić information content (AvgIpc) is 3.30. The molecule has 14 nitrogen and oxygen atoms in total. The van der Waals surface area contributed by atoms with Crippen molar-refractivity contribution in [3.63, 3.8) is 0 Å². The molecule has 3 aliphatic rings. The predicted octanol–water partition coefficient (Wildman–Crippen LogP) is 7.22. The number of nitrogens with zero attached hydrogens (tertiary/aromatic N) is 2. The molecule has 0 radical (unpaired) electrons. The van der Waals surface area contributed by atoms with Crippen LogP contribution in [0, 0.1) is 17.8 Å². The predicted molar refractivity (Wildman–Crippen MR) is 236 cm³/mol. The number of aldehydes is 1. The van der Waals surface area contributed by atoms with Gasteiger partial charge in [-0.1, -0.05) is 72.6 Å². The van der Waals surface area contributed by atoms with E-state index in [9.17, 15) is 24.9 Å². The molecular weight excluding hydrogens is 809 g/mol. The average molecular weight is 871 g/mol. The van der Waals surface area contributed by atoms with Gasteiger partial charge in [0.15, 0.2) is 0 Å². The summed E-state index contributed by atoms with van der Waals surface area (Å²) in [5.74, 6) is -0.746. The third kappa shape index (κ3) is 11.7. The first-order valence-corrected chi connectivity index (χ1v) is 22.0. The molecule has 1 heterocycles. The number of unbranched alkanes of at least 4 members (excludes halogenated alkanes) is 2. The quantitative estimate of drug-likeness (QED) is 0.0320. The Labute approximate surface area is 370 Å². The van der Waals surface area contributed by atoms with Gasteiger partial charge >= 0.3 is 6.09 Å². The molecule has 6 rings (SSSR count). The minimum atomic E-state index is -1.52. The van der Waals surface area contributed by atoms with Gasteiger partial charge in [-0.3, -0.25) is 9.69 Å². The van der Waals surface area contributed by atoms with Crippen LogP contribution in [0.15, 0.2) is 102 Å². The number of aliphatic hydroxyl groups is 3. The van der Waals surface area contributed by atoms with E-state index in [4.69, 9.17) is 33.3 Å². The number of allylic oxidation sites excluding steroid dienone is 1. The number of rotatable bonds is 26. The van der Waals surface area contributed by atoms with E-state index in [-0.39, 0.29) is 83.6 Å². The zero-order valence-electron chi connectivity index (χ0n) is 36.2. The molecule has 3 aromatic rings. The molecule has 0 spiro atoms. The van der Waals surface area contributed by atoms with Crippen LogP contribution in [0.1, 0.15) is 72.3 Å². The maximum absolute atomic E-state index is 14.5. The van der Waals surface area contributed by atoms with Crippen LogP contribution >= 0.6 is 0 Å². The lowest BCUT2D eigenvalue weighted by Crippen LogP contribution is -2.70. The maximum atomic E-state index is 14.5. The second kappa shape index (κ2) is 24.1. The summed E-state index contributed by atoms with van der Waals surface area (Å²) in [6.45, 7) is 4.75. The molecule has 2 aliphatic carbocycles. The van der Waals surface area contributed by atoms with E-state index in [1.54, 1.807) is 35.2 Å². The van der Waals surface area contributed by atoms with E-state index in [0.717, 1.165) is 48.7 Å². The van der Waals surface area contributed by atoms with Crippen LogP contribution in [0.25, 0.3) is 0 Å². The number of aliphatic hydroxyl groups excluding tert-OH is 3. The van der Waals surface area contributed by atoms with Crippen molar-refractivity contribution in [2.24, 2.45) is 22.9 Å². The highest BCUT2D eigenvalue weighted by Crippen LogP contribution is 2.62. The molecule has 3 N–H and O–H groups in total. The molecule has 0 unspecified atom stereocenters. The summed E-state index contributed by atoms with van der Waals surface area (Å²) in [7, 11) is 1.50. The van der Waals surface area contributed by atoms with Gasteiger partial charge in [0.2, 0.25) is 5.79 Å². The fourth-order valence-corrected chi connectivity index (χ4v) is 9.35. The summed E-state index contributed by atoms with van der Waals surface area (Å²) < 4.78 is 38.2. The normalized spacial score (nSPS) is 22.8. The van der Waals surface area contributed by atoms with Crippen LogP contribution in [0.2, 0.25) is 0 Å². The maximum Gasteiger partial charge on any atom is 0.410 e. The third-order valence-corrected chi connectivity index (χ3v) is 12.0. The van der Waals surface area contributed by atoms with Crippen molar-refractivity contribution in [3.05, 3.63) is 114 Å². The molecule has 3 aromatic carbocycles. The summed E-state index contributed by atoms with van der Waals surface area (Å²) in [6.07, 6.45) is 8.58. The number of hydrogen-bond acceptors (Lipinski definition) is 13. The zero-order chi connectivity index (χ0) is 44.4. The zero-order valence-corrected chi connectivity index (χ0v) is 36.2. The molecule has 14 heteroatoms. The summed E-state index contributed by atoms with van der Waals surface area (Å²) in [5.41, 5.74) is 3.86. The third-order valence-electron chi connectivity index (χ3n) is 12.0. The van der Waals surface area contributed by atoms with Gasteiger partial charge < -0.3 is 48.6 Å². The second-order valence-corrected chi connectivity index (χ2v) is 15.9. The molecule has 6 atom stereocenters.